The molecule has 1 aliphatic rings. The molecule has 3 aromatic rings. The first-order valence-electron chi connectivity index (χ1n) is 9.78. The summed E-state index contributed by atoms with van der Waals surface area (Å²) in [6.07, 6.45) is 0.896. The van der Waals surface area contributed by atoms with Gasteiger partial charge in [-0.05, 0) is 63.1 Å². The monoisotopic (exact) mass is 428 g/mol. The fraction of sp³-hybridized carbons (Fsp3) is 0.304. The Balaban J connectivity index is 0.00000256. The predicted octanol–water partition coefficient (Wildman–Crippen LogP) is 5.53. The van der Waals surface area contributed by atoms with Crippen LogP contribution in [0.25, 0.3) is 0 Å². The number of fused-ring (bicyclic) bond motifs is 1. The van der Waals surface area contributed by atoms with Gasteiger partial charge in [-0.2, -0.15) is 4.98 Å². The number of nitrogens with zero attached hydrogens (tertiary/aromatic N) is 3. The maximum atomic E-state index is 13.2. The third-order valence-electron chi connectivity index (χ3n) is 5.65. The van der Waals surface area contributed by atoms with Crippen LogP contribution in [0.2, 0.25) is 0 Å². The summed E-state index contributed by atoms with van der Waals surface area (Å²) in [6.45, 7) is 7.09. The largest absolute Gasteiger partial charge is 0.496 e. The second-order valence-electron chi connectivity index (χ2n) is 7.36. The van der Waals surface area contributed by atoms with Crippen LogP contribution >= 0.6 is 12.4 Å². The van der Waals surface area contributed by atoms with Crippen molar-refractivity contribution in [2.45, 2.75) is 33.2 Å². The number of aryl methyl sites for hydroxylation is 1. The van der Waals surface area contributed by atoms with Gasteiger partial charge >= 0.3 is 0 Å². The SMILES string of the molecule is COc1cccc2c1CCN(c1nc(Nc3ccc(F)cc3)nc(C)c1C)C2C.Cl. The van der Waals surface area contributed by atoms with Gasteiger partial charge in [0, 0.05) is 29.1 Å². The molecule has 0 spiro atoms. The first-order valence-corrected chi connectivity index (χ1v) is 9.78. The molecule has 0 amide bonds. The second kappa shape index (κ2) is 8.88. The van der Waals surface area contributed by atoms with E-state index in [1.807, 2.05) is 19.1 Å². The van der Waals surface area contributed by atoms with Gasteiger partial charge in [0.1, 0.15) is 17.4 Å². The highest BCUT2D eigenvalue weighted by Gasteiger charge is 2.28. The molecule has 1 aromatic heterocycles. The quantitative estimate of drug-likeness (QED) is 0.592. The van der Waals surface area contributed by atoms with Crippen LogP contribution in [0, 0.1) is 19.7 Å². The van der Waals surface area contributed by atoms with Crippen molar-refractivity contribution in [3.63, 3.8) is 0 Å². The van der Waals surface area contributed by atoms with Crippen molar-refractivity contribution in [2.75, 3.05) is 23.9 Å². The van der Waals surface area contributed by atoms with Crippen molar-refractivity contribution in [2.24, 2.45) is 0 Å². The third-order valence-corrected chi connectivity index (χ3v) is 5.65. The van der Waals surface area contributed by atoms with E-state index in [0.717, 1.165) is 41.5 Å². The summed E-state index contributed by atoms with van der Waals surface area (Å²) in [7, 11) is 1.72. The van der Waals surface area contributed by atoms with Crippen LogP contribution in [0.15, 0.2) is 42.5 Å². The Bertz CT molecular complexity index is 1040. The van der Waals surface area contributed by atoms with E-state index in [1.165, 1.54) is 23.3 Å². The number of methoxy groups -OCH3 is 1. The Hall–Kier alpha value is -2.86. The van der Waals surface area contributed by atoms with E-state index in [4.69, 9.17) is 9.72 Å². The van der Waals surface area contributed by atoms with Crippen molar-refractivity contribution < 1.29 is 9.13 Å². The fourth-order valence-electron chi connectivity index (χ4n) is 3.93. The predicted molar refractivity (Wildman–Crippen MR) is 121 cm³/mol. The van der Waals surface area contributed by atoms with Crippen molar-refractivity contribution in [3.8, 4) is 5.75 Å². The molecule has 1 N–H and O–H groups in total. The molecule has 7 heteroatoms. The van der Waals surface area contributed by atoms with E-state index in [0.29, 0.717) is 5.95 Å². The van der Waals surface area contributed by atoms with Gasteiger partial charge in [-0.15, -0.1) is 12.4 Å². The number of rotatable bonds is 4. The van der Waals surface area contributed by atoms with E-state index in [9.17, 15) is 4.39 Å². The third kappa shape index (κ3) is 4.05. The van der Waals surface area contributed by atoms with Crippen molar-refractivity contribution >= 4 is 29.9 Å². The summed E-state index contributed by atoms with van der Waals surface area (Å²) in [5.74, 6) is 2.11. The lowest BCUT2D eigenvalue weighted by molar-refractivity contribution is 0.405. The van der Waals surface area contributed by atoms with E-state index in [-0.39, 0.29) is 24.3 Å². The number of hydrogen-bond acceptors (Lipinski definition) is 5. The van der Waals surface area contributed by atoms with E-state index >= 15 is 0 Å². The van der Waals surface area contributed by atoms with Crippen LogP contribution in [0.3, 0.4) is 0 Å². The molecule has 0 saturated carbocycles. The smallest absolute Gasteiger partial charge is 0.229 e. The molecule has 0 radical (unpaired) electrons. The number of ether oxygens (including phenoxy) is 1. The summed E-state index contributed by atoms with van der Waals surface area (Å²) in [4.78, 5) is 11.7. The van der Waals surface area contributed by atoms with Gasteiger partial charge in [0.15, 0.2) is 0 Å². The molecule has 1 aliphatic heterocycles. The van der Waals surface area contributed by atoms with Gasteiger partial charge in [0.05, 0.1) is 13.2 Å². The van der Waals surface area contributed by atoms with E-state index in [2.05, 4.69) is 35.1 Å². The number of nitrogens with one attached hydrogen (secondary N) is 1. The number of halogens is 2. The minimum atomic E-state index is -0.270. The van der Waals surface area contributed by atoms with Crippen molar-refractivity contribution in [1.82, 2.24) is 9.97 Å². The molecule has 158 valence electrons. The molecule has 30 heavy (non-hydrogen) atoms. The van der Waals surface area contributed by atoms with Gasteiger partial charge in [-0.1, -0.05) is 12.1 Å². The first-order chi connectivity index (χ1) is 14.0. The highest BCUT2D eigenvalue weighted by atomic mass is 35.5. The number of aromatic nitrogens is 2. The topological polar surface area (TPSA) is 50.3 Å². The molecular weight excluding hydrogens is 403 g/mol. The molecule has 0 fully saturated rings. The Morgan fingerprint density at radius 2 is 1.83 bits per heavy atom. The van der Waals surface area contributed by atoms with Crippen LogP contribution in [0.1, 0.15) is 35.3 Å². The van der Waals surface area contributed by atoms with Crippen molar-refractivity contribution in [1.29, 1.82) is 0 Å². The van der Waals surface area contributed by atoms with Crippen molar-refractivity contribution in [3.05, 3.63) is 70.7 Å². The zero-order valence-electron chi connectivity index (χ0n) is 17.6. The number of benzene rings is 2. The standard InChI is InChI=1S/C23H25FN4O.ClH/c1-14-15(2)25-23(26-18-10-8-17(24)9-11-18)27-22(14)28-13-12-20-19(16(28)3)6-5-7-21(20)29-4;/h5-11,16H,12-13H2,1-4H3,(H,25,26,27);1H. The highest BCUT2D eigenvalue weighted by Crippen LogP contribution is 2.38. The molecule has 0 saturated heterocycles. The normalized spacial score (nSPS) is 15.2. The Labute approximate surface area is 182 Å². The van der Waals surface area contributed by atoms with Gasteiger partial charge < -0.3 is 15.0 Å². The van der Waals surface area contributed by atoms with Crippen LogP contribution in [-0.4, -0.2) is 23.6 Å². The molecule has 5 nitrogen and oxygen atoms in total. The van der Waals surface area contributed by atoms with Crippen LogP contribution < -0.4 is 15.0 Å². The lowest BCUT2D eigenvalue weighted by atomic mass is 9.92. The van der Waals surface area contributed by atoms with Gasteiger partial charge in [-0.25, -0.2) is 9.37 Å². The second-order valence-corrected chi connectivity index (χ2v) is 7.36. The minimum Gasteiger partial charge on any atom is -0.496 e. The molecule has 2 aromatic carbocycles. The molecule has 1 atom stereocenters. The highest BCUT2D eigenvalue weighted by molar-refractivity contribution is 5.85. The molecular formula is C23H26ClFN4O. The maximum Gasteiger partial charge on any atom is 0.229 e. The molecule has 4 rings (SSSR count). The zero-order chi connectivity index (χ0) is 20.5. The molecule has 1 unspecified atom stereocenters. The van der Waals surface area contributed by atoms with Crippen LogP contribution in [0.5, 0.6) is 5.75 Å². The van der Waals surface area contributed by atoms with Gasteiger partial charge in [0.2, 0.25) is 5.95 Å². The van der Waals surface area contributed by atoms with Crippen LogP contribution in [-0.2, 0) is 6.42 Å². The molecule has 0 bridgehead atoms. The maximum absolute atomic E-state index is 13.2. The minimum absolute atomic E-state index is 0. The van der Waals surface area contributed by atoms with E-state index < -0.39 is 0 Å². The van der Waals surface area contributed by atoms with Gasteiger partial charge in [-0.3, -0.25) is 0 Å². The average molecular weight is 429 g/mol. The van der Waals surface area contributed by atoms with Crippen LogP contribution in [0.4, 0.5) is 21.8 Å². The summed E-state index contributed by atoms with van der Waals surface area (Å²) < 4.78 is 18.8. The Morgan fingerprint density at radius 1 is 1.10 bits per heavy atom. The first kappa shape index (κ1) is 21.8. The lowest BCUT2D eigenvalue weighted by Gasteiger charge is -2.37. The summed E-state index contributed by atoms with van der Waals surface area (Å²) in [5.41, 5.74) is 5.27. The summed E-state index contributed by atoms with van der Waals surface area (Å²) in [6, 6.07) is 12.6. The lowest BCUT2D eigenvalue weighted by Crippen LogP contribution is -2.35. The molecule has 2 heterocycles. The average Bonchev–Trinajstić information content (AvgIpc) is 2.72. The zero-order valence-corrected chi connectivity index (χ0v) is 18.4. The molecule has 0 aliphatic carbocycles. The van der Waals surface area contributed by atoms with E-state index in [1.54, 1.807) is 19.2 Å². The Morgan fingerprint density at radius 3 is 2.53 bits per heavy atom. The summed E-state index contributed by atoms with van der Waals surface area (Å²) >= 11 is 0. The fourth-order valence-corrected chi connectivity index (χ4v) is 3.93. The summed E-state index contributed by atoms with van der Waals surface area (Å²) in [5, 5.41) is 3.20. The van der Waals surface area contributed by atoms with Gasteiger partial charge in [0.25, 0.3) is 0 Å². The Kier molecular flexibility index (Phi) is 6.46. The number of anilines is 3. The number of hydrogen-bond donors (Lipinski definition) is 1.